The molecular formula is C87H79Cl5F2N26O5S. The summed E-state index contributed by atoms with van der Waals surface area (Å²) in [6.45, 7) is 5.32. The van der Waals surface area contributed by atoms with Gasteiger partial charge in [0.2, 0.25) is 11.9 Å². The number of H-pyrrole nitrogens is 5. The Kier molecular flexibility index (Phi) is 26.5. The number of amides is 10. The predicted octanol–water partition coefficient (Wildman–Crippen LogP) is 18.2. The van der Waals surface area contributed by atoms with Gasteiger partial charge in [-0.15, -0.1) is 0 Å². The lowest BCUT2D eigenvalue weighted by atomic mass is 10.0. The molecule has 0 aliphatic carbocycles. The first-order chi connectivity index (χ1) is 61.1. The second-order valence-corrected chi connectivity index (χ2v) is 32.6. The maximum Gasteiger partial charge on any atom is 0.322 e. The van der Waals surface area contributed by atoms with Crippen molar-refractivity contribution in [3.05, 3.63) is 293 Å². The third-order valence-corrected chi connectivity index (χ3v) is 23.2. The summed E-state index contributed by atoms with van der Waals surface area (Å²) >= 11 is 31.5. The Hall–Kier alpha value is -13.8. The van der Waals surface area contributed by atoms with E-state index in [2.05, 4.69) is 103 Å². The molecular weight excluding hydrogens is 1740 g/mol. The lowest BCUT2D eigenvalue weighted by molar-refractivity contribution is 0.205. The Bertz CT molecular complexity index is 6450. The first-order valence-corrected chi connectivity index (χ1v) is 42.6. The Morgan fingerprint density at radius 2 is 0.746 bits per heavy atom. The van der Waals surface area contributed by atoms with Crippen LogP contribution in [0.5, 0.6) is 0 Å². The van der Waals surface area contributed by atoms with E-state index in [-0.39, 0.29) is 30.2 Å². The molecule has 20 rings (SSSR count). The van der Waals surface area contributed by atoms with Crippen LogP contribution in [0.3, 0.4) is 0 Å². The van der Waals surface area contributed by atoms with Crippen molar-refractivity contribution >= 4 is 128 Å². The van der Waals surface area contributed by atoms with Gasteiger partial charge in [0.1, 0.15) is 17.1 Å². The summed E-state index contributed by atoms with van der Waals surface area (Å²) in [4.78, 5) is 79.0. The van der Waals surface area contributed by atoms with Crippen molar-refractivity contribution in [3.8, 4) is 56.4 Å². The molecule has 15 heterocycles. The van der Waals surface area contributed by atoms with Crippen LogP contribution in [-0.2, 0) is 78.9 Å². The summed E-state index contributed by atoms with van der Waals surface area (Å²) in [5, 5.41) is 66.9. The monoisotopic (exact) mass is 1810 g/mol. The number of carbonyl (C=O) groups is 5. The van der Waals surface area contributed by atoms with Crippen LogP contribution in [0, 0.1) is 11.9 Å². The van der Waals surface area contributed by atoms with Gasteiger partial charge in [0.05, 0.1) is 61.6 Å². The van der Waals surface area contributed by atoms with E-state index in [0.29, 0.717) is 154 Å². The number of carbonyl (C=O) groups excluding carboxylic acids is 5. The maximum atomic E-state index is 14.0. The van der Waals surface area contributed by atoms with Crippen molar-refractivity contribution in [2.24, 2.45) is 14.1 Å². The molecule has 10 aromatic heterocycles. The number of pyridine rings is 2. The molecule has 0 bridgehead atoms. The fourth-order valence-corrected chi connectivity index (χ4v) is 16.6. The van der Waals surface area contributed by atoms with Gasteiger partial charge < -0.3 is 51.1 Å². The number of aromatic nitrogens is 16. The summed E-state index contributed by atoms with van der Waals surface area (Å²) in [6.07, 6.45) is 11.8. The number of benzene rings is 5. The van der Waals surface area contributed by atoms with E-state index in [0.717, 1.165) is 109 Å². The Labute approximate surface area is 748 Å². The topological polar surface area (TPSA) is 367 Å². The van der Waals surface area contributed by atoms with E-state index < -0.39 is 11.9 Å². The lowest BCUT2D eigenvalue weighted by Gasteiger charge is -2.27. The lowest BCUT2D eigenvalue weighted by Crippen LogP contribution is -2.38. The average Bonchev–Trinajstić information content (AvgIpc) is 1.54. The van der Waals surface area contributed by atoms with Crippen molar-refractivity contribution in [1.29, 1.82) is 0 Å². The van der Waals surface area contributed by atoms with Crippen LogP contribution < -0.4 is 26.6 Å². The van der Waals surface area contributed by atoms with E-state index in [1.807, 2.05) is 74.2 Å². The van der Waals surface area contributed by atoms with E-state index in [1.165, 1.54) is 18.5 Å². The minimum atomic E-state index is -0.581. The zero-order chi connectivity index (χ0) is 87.5. The molecule has 0 saturated carbocycles. The molecule has 10 amide bonds. The normalized spacial score (nSPS) is 13.5. The molecule has 39 heteroatoms. The molecule has 5 aliphatic heterocycles. The largest absolute Gasteiger partial charge is 0.322 e. The molecule has 0 saturated heterocycles. The summed E-state index contributed by atoms with van der Waals surface area (Å²) in [5.41, 5.74) is 21.2. The summed E-state index contributed by atoms with van der Waals surface area (Å²) in [7, 11) is 3.75. The molecule has 0 unspecified atom stereocenters. The van der Waals surface area contributed by atoms with Gasteiger partial charge in [-0.25, -0.2) is 33.9 Å². The van der Waals surface area contributed by atoms with Gasteiger partial charge in [0.15, 0.2) is 0 Å². The van der Waals surface area contributed by atoms with Gasteiger partial charge in [0, 0.05) is 236 Å². The van der Waals surface area contributed by atoms with Gasteiger partial charge in [-0.2, -0.15) is 55.8 Å². The number of halogens is 7. The van der Waals surface area contributed by atoms with Crippen molar-refractivity contribution in [2.75, 3.05) is 59.3 Å². The fraction of sp³-hybridized carbons (Fsp3) is 0.195. The van der Waals surface area contributed by atoms with Crippen molar-refractivity contribution in [2.45, 2.75) is 64.8 Å². The number of thiophene rings is 1. The number of anilines is 5. The molecule has 0 atom stereocenters. The maximum absolute atomic E-state index is 14.0. The highest BCUT2D eigenvalue weighted by atomic mass is 35.5. The number of aryl methyl sites for hydroxylation is 2. The molecule has 31 nitrogen and oxygen atoms in total. The van der Waals surface area contributed by atoms with Crippen LogP contribution in [0.15, 0.2) is 199 Å². The highest BCUT2D eigenvalue weighted by molar-refractivity contribution is 7.08. The van der Waals surface area contributed by atoms with Gasteiger partial charge in [0.25, 0.3) is 0 Å². The number of aromatic amines is 5. The molecule has 126 heavy (non-hydrogen) atoms. The van der Waals surface area contributed by atoms with E-state index in [4.69, 9.17) is 58.0 Å². The molecule has 0 spiro atoms. The third kappa shape index (κ3) is 20.5. The van der Waals surface area contributed by atoms with Crippen LogP contribution >= 0.6 is 69.3 Å². The van der Waals surface area contributed by atoms with Crippen LogP contribution in [0.25, 0.3) is 56.4 Å². The number of nitrogens with zero attached hydrogens (tertiary/aromatic N) is 16. The van der Waals surface area contributed by atoms with Gasteiger partial charge in [-0.3, -0.25) is 34.9 Å². The van der Waals surface area contributed by atoms with E-state index in [1.54, 1.807) is 161 Å². The number of hydrogen-bond donors (Lipinski definition) is 10. The quantitative estimate of drug-likeness (QED) is 0.0569. The van der Waals surface area contributed by atoms with Gasteiger partial charge in [-0.05, 0) is 133 Å². The van der Waals surface area contributed by atoms with Crippen LogP contribution in [0.2, 0.25) is 25.1 Å². The van der Waals surface area contributed by atoms with Gasteiger partial charge >= 0.3 is 30.2 Å². The highest BCUT2D eigenvalue weighted by Crippen LogP contribution is 2.36. The molecule has 10 N–H and O–H groups in total. The predicted molar refractivity (Wildman–Crippen MR) is 480 cm³/mol. The minimum absolute atomic E-state index is 0.125. The summed E-state index contributed by atoms with van der Waals surface area (Å²) in [5.74, 6) is -1.12. The standard InChI is InChI=1S/2C18H15ClFN5O.2C17H17ClN6O.C17H15ClN4OS/c19-11-3-1-4-12(9-11)22-18(26)25-8-6-15-14(10-25)16(24-23-15)13-5-2-7-21-17(13)20;19-12-2-1-3-13(8-12)22-18(26)25-7-6-15-14(10-25)17(24-23-15)11-4-5-16(20)21-9-11;1-23-15(5-7-19-23)16-13-10-24(8-6-14(13)21-22-16)17(25)20-12-4-2-3-11(18)9-12;1-23-9-11(8-19-23)16-14-10-24(6-5-15(14)21-22-16)17(25)20-13-4-2-3-12(18)7-13;18-12-2-1-3-13(8-12)19-17(23)22-6-4-15-14(9-22)16(21-20-15)11-5-7-24-10-11/h1-5,7,9H,6,8,10H2,(H,22,26)(H,23,24);1-5,8-9H,6-7,10H2,(H,22,26)(H,23,24);2-5,7,9H,6,8,10H2,1H3,(H,20,25)(H,21,22);2-4,7-9H,5-6,10H2,1H3,(H,20,25)(H,21,22);1-3,5,7-8,10H,4,6,9H2,(H,19,23)(H,20,21). The SMILES string of the molecule is Cn1cc(-c2n[nH]c3c2CN(C(=O)Nc2cccc(Cl)c2)CC3)cn1.Cn1nccc1-c1n[nH]c2c1CN(C(=O)Nc1cccc(Cl)c1)CC2.O=C(Nc1cccc(Cl)c1)N1CCc2[nH]nc(-c3ccc(F)nc3)c2C1.O=C(Nc1cccc(Cl)c1)N1CCc2[nH]nc(-c3cccnc3F)c2C1.O=C(Nc1cccc(Cl)c1)N1CCc2[nH]nc(-c3ccsc3)c2C1. The molecule has 0 fully saturated rings. The highest BCUT2D eigenvalue weighted by Gasteiger charge is 2.33. The third-order valence-electron chi connectivity index (χ3n) is 21.3. The van der Waals surface area contributed by atoms with Crippen LogP contribution in [0.1, 0.15) is 56.3 Å². The smallest absolute Gasteiger partial charge is 0.320 e. The van der Waals surface area contributed by atoms with Crippen molar-refractivity contribution < 1.29 is 32.8 Å². The number of nitrogens with one attached hydrogen (secondary N) is 10. The molecule has 5 aromatic carbocycles. The minimum Gasteiger partial charge on any atom is -0.320 e. The molecule has 5 aliphatic rings. The van der Waals surface area contributed by atoms with E-state index in [9.17, 15) is 32.8 Å². The van der Waals surface area contributed by atoms with Gasteiger partial charge in [-0.1, -0.05) is 88.3 Å². The molecule has 15 aromatic rings. The summed E-state index contributed by atoms with van der Waals surface area (Å²) < 4.78 is 30.6. The Balaban J connectivity index is 0.000000116. The molecule has 642 valence electrons. The second kappa shape index (κ2) is 39.0. The zero-order valence-corrected chi connectivity index (χ0v) is 72.0. The number of hydrogen-bond acceptors (Lipinski definition) is 15. The number of rotatable bonds is 10. The van der Waals surface area contributed by atoms with Crippen LogP contribution in [-0.4, -0.2) is 168 Å². The Morgan fingerprint density at radius 3 is 1.08 bits per heavy atom. The zero-order valence-electron chi connectivity index (χ0n) is 67.4. The Morgan fingerprint density at radius 1 is 0.381 bits per heavy atom. The first-order valence-electron chi connectivity index (χ1n) is 39.7. The van der Waals surface area contributed by atoms with E-state index >= 15 is 0 Å². The first kappa shape index (κ1) is 85.8. The molecule has 0 radical (unpaired) electrons. The number of fused-ring (bicyclic) bond motifs is 5. The fourth-order valence-electron chi connectivity index (χ4n) is 15.0. The average molecular weight is 1820 g/mol. The summed E-state index contributed by atoms with van der Waals surface area (Å²) in [6, 6.07) is 44.7. The van der Waals surface area contributed by atoms with Crippen molar-refractivity contribution in [3.63, 3.8) is 0 Å². The van der Waals surface area contributed by atoms with Crippen molar-refractivity contribution in [1.82, 2.24) is 105 Å². The number of urea groups is 5. The van der Waals surface area contributed by atoms with Crippen LogP contribution in [0.4, 0.5) is 61.2 Å². The second-order valence-electron chi connectivity index (χ2n) is 29.7.